The van der Waals surface area contributed by atoms with Gasteiger partial charge in [0.2, 0.25) is 0 Å². The number of piperazine rings is 1. The number of carbonyl (C=O) groups excluding carboxylic acids is 1. The largest absolute Gasteiger partial charge is 0.383 e. The zero-order valence-corrected chi connectivity index (χ0v) is 21.7. The number of hydrogen-bond acceptors (Lipinski definition) is 7. The lowest BCUT2D eigenvalue weighted by molar-refractivity contribution is 0.0937. The van der Waals surface area contributed by atoms with Crippen LogP contribution in [0, 0.1) is 0 Å². The van der Waals surface area contributed by atoms with Gasteiger partial charge in [-0.2, -0.15) is 0 Å². The Kier molecular flexibility index (Phi) is 9.09. The lowest BCUT2D eigenvalue weighted by atomic mass is 10.1. The van der Waals surface area contributed by atoms with Gasteiger partial charge in [-0.3, -0.25) is 4.79 Å². The van der Waals surface area contributed by atoms with Crippen LogP contribution in [-0.2, 0) is 10.5 Å². The van der Waals surface area contributed by atoms with Gasteiger partial charge >= 0.3 is 0 Å². The van der Waals surface area contributed by atoms with Crippen molar-refractivity contribution in [2.75, 3.05) is 56.2 Å². The molecule has 0 atom stereocenters. The molecule has 0 bridgehead atoms. The molecule has 35 heavy (non-hydrogen) atoms. The minimum absolute atomic E-state index is 0.118. The third-order valence-electron chi connectivity index (χ3n) is 5.59. The van der Waals surface area contributed by atoms with Crippen molar-refractivity contribution in [3.05, 3.63) is 75.9 Å². The van der Waals surface area contributed by atoms with Crippen molar-refractivity contribution in [1.82, 2.24) is 15.3 Å². The molecule has 1 aromatic heterocycles. The number of amides is 1. The van der Waals surface area contributed by atoms with Gasteiger partial charge in [0.1, 0.15) is 11.0 Å². The van der Waals surface area contributed by atoms with Gasteiger partial charge in [0.05, 0.1) is 6.61 Å². The predicted octanol–water partition coefficient (Wildman–Crippen LogP) is 4.78. The molecule has 0 aliphatic carbocycles. The number of nitrogens with one attached hydrogen (secondary N) is 1. The number of nitrogens with zero attached hydrogens (tertiary/aromatic N) is 4. The highest BCUT2D eigenvalue weighted by Crippen LogP contribution is 2.27. The average Bonchev–Trinajstić information content (AvgIpc) is 2.87. The van der Waals surface area contributed by atoms with Gasteiger partial charge in [-0.05, 0) is 35.9 Å². The first-order chi connectivity index (χ1) is 17.0. The van der Waals surface area contributed by atoms with Crippen LogP contribution in [0.25, 0.3) is 0 Å². The summed E-state index contributed by atoms with van der Waals surface area (Å²) in [6.45, 7) is 4.33. The fourth-order valence-electron chi connectivity index (χ4n) is 3.80. The number of aromatic nitrogens is 2. The van der Waals surface area contributed by atoms with Gasteiger partial charge in [0, 0.05) is 67.9 Å². The number of anilines is 2. The highest BCUT2D eigenvalue weighted by molar-refractivity contribution is 7.98. The van der Waals surface area contributed by atoms with Crippen molar-refractivity contribution in [2.24, 2.45) is 0 Å². The Morgan fingerprint density at radius 2 is 1.80 bits per heavy atom. The Hall–Kier alpha value is -2.52. The zero-order chi connectivity index (χ0) is 24.6. The van der Waals surface area contributed by atoms with E-state index in [1.807, 2.05) is 42.5 Å². The Balaban J connectivity index is 1.36. The Bertz CT molecular complexity index is 1160. The summed E-state index contributed by atoms with van der Waals surface area (Å²) in [5.41, 5.74) is 2.75. The van der Waals surface area contributed by atoms with Crippen LogP contribution < -0.4 is 15.1 Å². The van der Waals surface area contributed by atoms with Crippen LogP contribution in [0.15, 0.2) is 59.8 Å². The van der Waals surface area contributed by atoms with Crippen LogP contribution >= 0.6 is 35.0 Å². The molecule has 0 saturated carbocycles. The van der Waals surface area contributed by atoms with E-state index in [4.69, 9.17) is 32.9 Å². The topological polar surface area (TPSA) is 70.6 Å². The van der Waals surface area contributed by atoms with Gasteiger partial charge in [0.25, 0.3) is 5.91 Å². The van der Waals surface area contributed by atoms with E-state index >= 15 is 0 Å². The lowest BCUT2D eigenvalue weighted by Crippen LogP contribution is -2.46. The quantitative estimate of drug-likeness (QED) is 0.184. The first-order valence-electron chi connectivity index (χ1n) is 11.3. The van der Waals surface area contributed by atoms with Crippen LogP contribution in [0.2, 0.25) is 10.2 Å². The molecular weight excluding hydrogens is 505 g/mol. The van der Waals surface area contributed by atoms with Gasteiger partial charge in [-0.15, -0.1) is 0 Å². The second-order valence-electron chi connectivity index (χ2n) is 8.02. The standard InChI is InChI=1S/C25H27Cl2N5O2S/c1-34-13-8-28-24(33)19-5-2-4-18(14-19)17-35-25-29-22(27)16-23(30-25)32-11-9-31(10-12-32)21-7-3-6-20(26)15-21/h2-7,14-16H,8-13,17H2,1H3,(H,28,33). The van der Waals surface area contributed by atoms with Gasteiger partial charge in [0.15, 0.2) is 5.16 Å². The molecule has 1 N–H and O–H groups in total. The summed E-state index contributed by atoms with van der Waals surface area (Å²) in [6.07, 6.45) is 0. The average molecular weight is 532 g/mol. The second-order valence-corrected chi connectivity index (χ2v) is 9.79. The van der Waals surface area contributed by atoms with Crippen molar-refractivity contribution >= 4 is 52.4 Å². The number of methoxy groups -OCH3 is 1. The maximum absolute atomic E-state index is 12.3. The molecule has 0 spiro atoms. The van der Waals surface area contributed by atoms with Crippen LogP contribution in [-0.4, -0.2) is 62.3 Å². The van der Waals surface area contributed by atoms with E-state index in [-0.39, 0.29) is 5.91 Å². The number of hydrogen-bond donors (Lipinski definition) is 1. The van der Waals surface area contributed by atoms with E-state index in [0.717, 1.165) is 48.3 Å². The highest BCUT2D eigenvalue weighted by atomic mass is 35.5. The van der Waals surface area contributed by atoms with E-state index in [0.29, 0.717) is 34.8 Å². The van der Waals surface area contributed by atoms with Crippen molar-refractivity contribution in [3.63, 3.8) is 0 Å². The number of ether oxygens (including phenoxy) is 1. The second kappa shape index (κ2) is 12.4. The summed E-state index contributed by atoms with van der Waals surface area (Å²) >= 11 is 14.0. The maximum atomic E-state index is 12.3. The lowest BCUT2D eigenvalue weighted by Gasteiger charge is -2.36. The molecule has 1 aliphatic heterocycles. The number of benzene rings is 2. The van der Waals surface area contributed by atoms with E-state index in [1.165, 1.54) is 11.8 Å². The molecule has 184 valence electrons. The number of halogens is 2. The third kappa shape index (κ3) is 7.24. The summed E-state index contributed by atoms with van der Waals surface area (Å²) in [6, 6.07) is 17.3. The van der Waals surface area contributed by atoms with Crippen molar-refractivity contribution in [1.29, 1.82) is 0 Å². The molecule has 2 heterocycles. The maximum Gasteiger partial charge on any atom is 0.251 e. The Morgan fingerprint density at radius 1 is 1.03 bits per heavy atom. The Labute approximate surface area is 219 Å². The first-order valence-corrected chi connectivity index (χ1v) is 13.0. The molecule has 1 saturated heterocycles. The molecule has 1 fully saturated rings. The Morgan fingerprint density at radius 3 is 2.57 bits per heavy atom. The molecule has 10 heteroatoms. The molecule has 4 rings (SSSR count). The van der Waals surface area contributed by atoms with Crippen LogP contribution in [0.3, 0.4) is 0 Å². The fraction of sp³-hybridized carbons (Fsp3) is 0.320. The van der Waals surface area contributed by atoms with E-state index in [2.05, 4.69) is 26.2 Å². The van der Waals surface area contributed by atoms with Gasteiger partial charge in [-0.25, -0.2) is 9.97 Å². The number of thioether (sulfide) groups is 1. The molecule has 0 unspecified atom stereocenters. The van der Waals surface area contributed by atoms with Crippen LogP contribution in [0.4, 0.5) is 11.5 Å². The van der Waals surface area contributed by atoms with Crippen LogP contribution in [0.1, 0.15) is 15.9 Å². The summed E-state index contributed by atoms with van der Waals surface area (Å²) in [4.78, 5) is 26.0. The van der Waals surface area contributed by atoms with Crippen molar-refractivity contribution in [2.45, 2.75) is 10.9 Å². The number of carbonyl (C=O) groups is 1. The predicted molar refractivity (Wildman–Crippen MR) is 143 cm³/mol. The van der Waals surface area contributed by atoms with Crippen molar-refractivity contribution < 1.29 is 9.53 Å². The zero-order valence-electron chi connectivity index (χ0n) is 19.4. The normalized spacial score (nSPS) is 13.7. The molecule has 1 amide bonds. The molecule has 7 nitrogen and oxygen atoms in total. The van der Waals surface area contributed by atoms with E-state index in [1.54, 1.807) is 13.2 Å². The van der Waals surface area contributed by atoms with Gasteiger partial charge < -0.3 is 19.9 Å². The SMILES string of the molecule is COCCNC(=O)c1cccc(CSc2nc(Cl)cc(N3CCN(c4cccc(Cl)c4)CC3)n2)c1. The highest BCUT2D eigenvalue weighted by Gasteiger charge is 2.20. The first kappa shape index (κ1) is 25.6. The van der Waals surface area contributed by atoms with E-state index in [9.17, 15) is 4.79 Å². The minimum atomic E-state index is -0.118. The molecule has 2 aromatic carbocycles. The molecule has 1 aliphatic rings. The third-order valence-corrected chi connectivity index (χ3v) is 6.93. The monoisotopic (exact) mass is 531 g/mol. The minimum Gasteiger partial charge on any atom is -0.383 e. The molecule has 3 aromatic rings. The summed E-state index contributed by atoms with van der Waals surface area (Å²) in [5, 5.41) is 4.61. The van der Waals surface area contributed by atoms with E-state index < -0.39 is 0 Å². The fourth-order valence-corrected chi connectivity index (χ4v) is 5.01. The number of rotatable bonds is 9. The van der Waals surface area contributed by atoms with Gasteiger partial charge in [-0.1, -0.05) is 53.2 Å². The smallest absolute Gasteiger partial charge is 0.251 e. The summed E-state index contributed by atoms with van der Waals surface area (Å²) in [7, 11) is 1.61. The van der Waals surface area contributed by atoms with Crippen LogP contribution in [0.5, 0.6) is 0 Å². The molecular formula is C25H27Cl2N5O2S. The van der Waals surface area contributed by atoms with Crippen molar-refractivity contribution in [3.8, 4) is 0 Å². The molecule has 0 radical (unpaired) electrons. The summed E-state index contributed by atoms with van der Waals surface area (Å²) < 4.78 is 4.98. The summed E-state index contributed by atoms with van der Waals surface area (Å²) in [5.74, 6) is 1.33.